The molecule has 0 atom stereocenters. The van der Waals surface area contributed by atoms with Crippen molar-refractivity contribution < 1.29 is 25.6 Å². The molecular weight excluding hydrogens is 553 g/mol. The summed E-state index contributed by atoms with van der Waals surface area (Å²) >= 11 is 0. The van der Waals surface area contributed by atoms with E-state index in [1.165, 1.54) is 22.8 Å². The highest BCUT2D eigenvalue weighted by Gasteiger charge is 2.44. The predicted octanol–water partition coefficient (Wildman–Crippen LogP) is 5.96. The third kappa shape index (κ3) is 10.4. The van der Waals surface area contributed by atoms with E-state index in [0.717, 1.165) is 12.1 Å². The summed E-state index contributed by atoms with van der Waals surface area (Å²) in [5.74, 6) is 0. The minimum absolute atomic E-state index is 0.752. The van der Waals surface area contributed by atoms with Gasteiger partial charge in [-0.2, -0.15) is 0 Å². The Labute approximate surface area is 228 Å². The largest absolute Gasteiger partial charge is 0.499 e. The molecule has 6 nitrogen and oxygen atoms in total. The summed E-state index contributed by atoms with van der Waals surface area (Å²) < 4.78 is 37.4. The van der Waals surface area contributed by atoms with Gasteiger partial charge in [-0.3, -0.25) is 0 Å². The quantitative estimate of drug-likeness (QED) is 0.217. The number of hydrogen-bond donors (Lipinski definition) is 0. The van der Waals surface area contributed by atoms with Crippen molar-refractivity contribution in [3.05, 3.63) is 24.3 Å². The minimum Gasteiger partial charge on any atom is -0.452 e. The smallest absolute Gasteiger partial charge is 0.452 e. The molecule has 1 aromatic rings. The number of hydrogen-bond acceptors (Lipinski definition) is 6. The summed E-state index contributed by atoms with van der Waals surface area (Å²) in [6.45, 7) is 25.0. The molecule has 36 heavy (non-hydrogen) atoms. The Morgan fingerprint density at radius 2 is 0.917 bits per heavy atom. The minimum atomic E-state index is -2.61. The van der Waals surface area contributed by atoms with Crippen molar-refractivity contribution in [2.75, 3.05) is 21.3 Å². The number of rotatable bonds is 16. The van der Waals surface area contributed by atoms with Gasteiger partial charge >= 0.3 is 17.4 Å². The summed E-state index contributed by atoms with van der Waals surface area (Å²) in [5, 5.41) is 2.66. The standard InChI is InChI=1S/C24H54O6Si6/c1-15-20-31(5,6)28-33(9,10)23-16-18-24(19-17-23)34(11,12)30-35(13,14)29-32(7,8)21-22-36(25-2,26-3)27-4/h16-19H,15,20-22H2,1-14H3. The Morgan fingerprint density at radius 1 is 0.528 bits per heavy atom. The van der Waals surface area contributed by atoms with Gasteiger partial charge in [0.1, 0.15) is 0 Å². The highest BCUT2D eigenvalue weighted by Crippen LogP contribution is 2.27. The molecule has 0 aliphatic carbocycles. The third-order valence-electron chi connectivity index (χ3n) is 6.65. The lowest BCUT2D eigenvalue weighted by Crippen LogP contribution is -2.58. The first-order chi connectivity index (χ1) is 16.3. The lowest BCUT2D eigenvalue weighted by atomic mass is 10.4. The Kier molecular flexibility index (Phi) is 12.5. The van der Waals surface area contributed by atoms with Crippen LogP contribution in [0.3, 0.4) is 0 Å². The Bertz CT molecular complexity index is 802. The molecule has 0 saturated carbocycles. The zero-order valence-electron chi connectivity index (χ0n) is 25.6. The maximum absolute atomic E-state index is 6.89. The molecule has 1 aromatic carbocycles. The van der Waals surface area contributed by atoms with Crippen LogP contribution >= 0.6 is 0 Å². The predicted molar refractivity (Wildman–Crippen MR) is 168 cm³/mol. The normalized spacial score (nSPS) is 14.4. The van der Waals surface area contributed by atoms with Crippen molar-refractivity contribution in [3.8, 4) is 0 Å². The van der Waals surface area contributed by atoms with Gasteiger partial charge in [0.15, 0.2) is 16.6 Å². The first-order valence-corrected chi connectivity index (χ1v) is 29.9. The fourth-order valence-corrected chi connectivity index (χ4v) is 31.1. The molecule has 0 amide bonds. The molecule has 0 aromatic heterocycles. The van der Waals surface area contributed by atoms with Crippen molar-refractivity contribution in [3.63, 3.8) is 0 Å². The fraction of sp³-hybridized carbons (Fsp3) is 0.750. The highest BCUT2D eigenvalue weighted by atomic mass is 28.5. The molecule has 0 N–H and O–H groups in total. The molecule has 210 valence electrons. The van der Waals surface area contributed by atoms with Crippen molar-refractivity contribution in [1.29, 1.82) is 0 Å². The van der Waals surface area contributed by atoms with Crippen molar-refractivity contribution in [2.45, 2.75) is 96.9 Å². The molecule has 0 heterocycles. The van der Waals surface area contributed by atoms with Crippen LogP contribution in [0.4, 0.5) is 0 Å². The topological polar surface area (TPSA) is 55.4 Å². The molecule has 0 bridgehead atoms. The molecule has 0 aliphatic rings. The molecule has 0 saturated heterocycles. The Morgan fingerprint density at radius 3 is 1.31 bits per heavy atom. The average molecular weight is 607 g/mol. The van der Waals surface area contributed by atoms with E-state index in [1.54, 1.807) is 21.3 Å². The third-order valence-corrected chi connectivity index (χ3v) is 28.9. The van der Waals surface area contributed by atoms with Gasteiger partial charge in [0.05, 0.1) is 0 Å². The van der Waals surface area contributed by atoms with E-state index in [0.29, 0.717) is 0 Å². The maximum Gasteiger partial charge on any atom is 0.499 e. The van der Waals surface area contributed by atoms with Crippen molar-refractivity contribution in [1.82, 2.24) is 0 Å². The van der Waals surface area contributed by atoms with Gasteiger partial charge in [-0.05, 0) is 87.9 Å². The summed E-state index contributed by atoms with van der Waals surface area (Å²) in [4.78, 5) is 0. The summed E-state index contributed by atoms with van der Waals surface area (Å²) in [6, 6.07) is 12.0. The molecule has 0 unspecified atom stereocenters. The van der Waals surface area contributed by atoms with Gasteiger partial charge < -0.3 is 25.6 Å². The van der Waals surface area contributed by atoms with E-state index >= 15 is 0 Å². The second-order valence-corrected chi connectivity index (χ2v) is 35.9. The first-order valence-electron chi connectivity index (χ1n) is 13.2. The van der Waals surface area contributed by atoms with Gasteiger partial charge in [-0.25, -0.2) is 0 Å². The second kappa shape index (κ2) is 13.1. The van der Waals surface area contributed by atoms with Crippen LogP contribution in [0.2, 0.25) is 83.6 Å². The van der Waals surface area contributed by atoms with Crippen LogP contribution in [0.25, 0.3) is 0 Å². The average Bonchev–Trinajstić information content (AvgIpc) is 2.73. The second-order valence-electron chi connectivity index (χ2n) is 12.4. The Balaban J connectivity index is 2.94. The molecule has 0 aliphatic heterocycles. The van der Waals surface area contributed by atoms with Gasteiger partial charge in [0.2, 0.25) is 16.6 Å². The monoisotopic (exact) mass is 606 g/mol. The fourth-order valence-electron chi connectivity index (χ4n) is 5.10. The van der Waals surface area contributed by atoms with E-state index < -0.39 is 50.6 Å². The SMILES string of the molecule is CCC[Si](C)(C)O[Si](C)(C)c1ccc([Si](C)(C)O[Si](C)(C)O[Si](C)(C)CC[Si](OC)(OC)OC)cc1. The van der Waals surface area contributed by atoms with Crippen LogP contribution in [0.15, 0.2) is 24.3 Å². The van der Waals surface area contributed by atoms with E-state index in [1.807, 2.05) is 0 Å². The van der Waals surface area contributed by atoms with Crippen LogP contribution in [0.5, 0.6) is 0 Å². The van der Waals surface area contributed by atoms with E-state index in [2.05, 4.69) is 96.7 Å². The maximum atomic E-state index is 6.89. The molecule has 12 heteroatoms. The van der Waals surface area contributed by atoms with Gasteiger partial charge in [-0.1, -0.05) is 37.6 Å². The van der Waals surface area contributed by atoms with Gasteiger partial charge in [-0.15, -0.1) is 0 Å². The van der Waals surface area contributed by atoms with Crippen LogP contribution < -0.4 is 10.4 Å². The van der Waals surface area contributed by atoms with Gasteiger partial charge in [0.25, 0.3) is 0 Å². The van der Waals surface area contributed by atoms with Crippen LogP contribution in [-0.2, 0) is 25.6 Å². The lowest BCUT2D eigenvalue weighted by molar-refractivity contribution is 0.125. The van der Waals surface area contributed by atoms with Gasteiger partial charge in [0, 0.05) is 27.4 Å². The summed E-state index contributed by atoms with van der Waals surface area (Å²) in [7, 11) is -7.74. The number of benzene rings is 1. The van der Waals surface area contributed by atoms with Crippen molar-refractivity contribution >= 4 is 61.0 Å². The van der Waals surface area contributed by atoms with Crippen molar-refractivity contribution in [2.24, 2.45) is 0 Å². The van der Waals surface area contributed by atoms with E-state index in [-0.39, 0.29) is 0 Å². The first kappa shape index (κ1) is 34.3. The van der Waals surface area contributed by atoms with E-state index in [9.17, 15) is 0 Å². The zero-order chi connectivity index (χ0) is 28.1. The van der Waals surface area contributed by atoms with Crippen LogP contribution in [0.1, 0.15) is 13.3 Å². The van der Waals surface area contributed by atoms with Crippen LogP contribution in [-0.4, -0.2) is 72.0 Å². The molecular formula is C24H54O6Si6. The zero-order valence-corrected chi connectivity index (χ0v) is 31.6. The summed E-state index contributed by atoms with van der Waals surface area (Å²) in [5.41, 5.74) is 0. The molecule has 0 spiro atoms. The lowest BCUT2D eigenvalue weighted by Gasteiger charge is -2.39. The molecule has 1 rings (SSSR count). The molecule has 0 radical (unpaired) electrons. The highest BCUT2D eigenvalue weighted by molar-refractivity contribution is 6.94. The Hall–Kier alpha value is 0.281. The van der Waals surface area contributed by atoms with Crippen LogP contribution in [0, 0.1) is 0 Å². The summed E-state index contributed by atoms with van der Waals surface area (Å²) in [6.07, 6.45) is 1.19. The van der Waals surface area contributed by atoms with E-state index in [4.69, 9.17) is 25.6 Å². The molecule has 0 fully saturated rings.